The fourth-order valence-electron chi connectivity index (χ4n) is 1.16. The van der Waals surface area contributed by atoms with Crippen molar-refractivity contribution in [3.05, 3.63) is 24.3 Å². The molecule has 0 saturated heterocycles. The van der Waals surface area contributed by atoms with Crippen molar-refractivity contribution < 1.29 is 32.6 Å². The maximum atomic E-state index is 11.9. The van der Waals surface area contributed by atoms with Gasteiger partial charge in [0.25, 0.3) is 0 Å². The van der Waals surface area contributed by atoms with E-state index in [0.717, 1.165) is 0 Å². The summed E-state index contributed by atoms with van der Waals surface area (Å²) in [4.78, 5) is 22.0. The Morgan fingerprint density at radius 3 is 2.30 bits per heavy atom. The molecule has 0 fully saturated rings. The van der Waals surface area contributed by atoms with E-state index < -0.39 is 30.6 Å². The highest BCUT2D eigenvalue weighted by molar-refractivity contribution is 6.03. The Bertz CT molecular complexity index is 484. The normalized spacial score (nSPS) is 12.6. The lowest BCUT2D eigenvalue weighted by atomic mass is 10.1. The number of rotatable bonds is 5. The number of hydrogen-bond acceptors (Lipinski definition) is 3. The molecule has 0 aliphatic heterocycles. The Kier molecular flexibility index (Phi) is 4.95. The largest absolute Gasteiger partial charge is 0.484 e. The molecule has 1 unspecified atom stereocenters. The number of ether oxygens (including phenoxy) is 1. The first-order valence-electron chi connectivity index (χ1n) is 5.52. The van der Waals surface area contributed by atoms with Gasteiger partial charge in [-0.1, -0.05) is 0 Å². The highest BCUT2D eigenvalue weighted by Crippen LogP contribution is 2.20. The molecule has 8 heteroatoms. The number of carbonyl (C=O) groups excluding carboxylic acids is 1. The van der Waals surface area contributed by atoms with Gasteiger partial charge >= 0.3 is 12.1 Å². The van der Waals surface area contributed by atoms with Gasteiger partial charge in [0.1, 0.15) is 11.7 Å². The first kappa shape index (κ1) is 15.8. The van der Waals surface area contributed by atoms with Crippen molar-refractivity contribution >= 4 is 17.6 Å². The van der Waals surface area contributed by atoms with Crippen molar-refractivity contribution in [1.82, 2.24) is 0 Å². The Balaban J connectivity index is 2.59. The van der Waals surface area contributed by atoms with E-state index in [1.807, 2.05) is 0 Å². The second kappa shape index (κ2) is 6.27. The van der Waals surface area contributed by atoms with Gasteiger partial charge < -0.3 is 15.2 Å². The summed E-state index contributed by atoms with van der Waals surface area (Å²) in [6.07, 6.45) is -4.43. The van der Waals surface area contributed by atoms with Crippen LogP contribution in [0.5, 0.6) is 5.75 Å². The van der Waals surface area contributed by atoms with Gasteiger partial charge in [0.15, 0.2) is 6.61 Å². The van der Waals surface area contributed by atoms with E-state index in [4.69, 9.17) is 5.11 Å². The van der Waals surface area contributed by atoms with Crippen LogP contribution in [0.2, 0.25) is 0 Å². The average Bonchev–Trinajstić information content (AvgIpc) is 2.36. The van der Waals surface area contributed by atoms with E-state index in [2.05, 4.69) is 10.1 Å². The topological polar surface area (TPSA) is 75.6 Å². The Hall–Kier alpha value is -2.25. The minimum absolute atomic E-state index is 0.00777. The number of aliphatic carboxylic acids is 1. The van der Waals surface area contributed by atoms with E-state index in [1.165, 1.54) is 31.2 Å². The third-order valence-electron chi connectivity index (χ3n) is 2.29. The molecule has 1 aromatic carbocycles. The summed E-state index contributed by atoms with van der Waals surface area (Å²) in [5.74, 6) is -3.23. The molecule has 5 nitrogen and oxygen atoms in total. The van der Waals surface area contributed by atoms with Crippen LogP contribution in [0.4, 0.5) is 18.9 Å². The van der Waals surface area contributed by atoms with Crippen LogP contribution in [0.3, 0.4) is 0 Å². The summed E-state index contributed by atoms with van der Waals surface area (Å²) in [5.41, 5.74) is 0.266. The van der Waals surface area contributed by atoms with E-state index in [-0.39, 0.29) is 11.4 Å². The van der Waals surface area contributed by atoms with Crippen molar-refractivity contribution in [3.63, 3.8) is 0 Å². The molecule has 2 N–H and O–H groups in total. The van der Waals surface area contributed by atoms with Gasteiger partial charge in [-0.15, -0.1) is 0 Å². The molecule has 0 bridgehead atoms. The lowest BCUT2D eigenvalue weighted by molar-refractivity contribution is -0.153. The smallest absolute Gasteiger partial charge is 0.422 e. The Morgan fingerprint density at radius 2 is 1.85 bits per heavy atom. The average molecular weight is 291 g/mol. The lowest BCUT2D eigenvalue weighted by Crippen LogP contribution is -2.26. The molecule has 0 aromatic heterocycles. The maximum absolute atomic E-state index is 11.9. The molecule has 0 saturated carbocycles. The quantitative estimate of drug-likeness (QED) is 0.816. The van der Waals surface area contributed by atoms with Crippen molar-refractivity contribution in [2.75, 3.05) is 11.9 Å². The van der Waals surface area contributed by atoms with Gasteiger partial charge in [-0.3, -0.25) is 9.59 Å². The molecule has 1 amide bonds. The first-order valence-corrected chi connectivity index (χ1v) is 5.52. The van der Waals surface area contributed by atoms with Crippen LogP contribution >= 0.6 is 0 Å². The molecule has 0 radical (unpaired) electrons. The van der Waals surface area contributed by atoms with Crippen molar-refractivity contribution in [3.8, 4) is 5.75 Å². The Labute approximate surface area is 112 Å². The number of halogens is 3. The fourth-order valence-corrected chi connectivity index (χ4v) is 1.16. The number of hydrogen-bond donors (Lipinski definition) is 2. The van der Waals surface area contributed by atoms with E-state index in [0.29, 0.717) is 0 Å². The molecule has 0 spiro atoms. The van der Waals surface area contributed by atoms with Gasteiger partial charge in [0, 0.05) is 5.69 Å². The fraction of sp³-hybridized carbons (Fsp3) is 0.333. The zero-order valence-corrected chi connectivity index (χ0v) is 10.4. The molecule has 1 rings (SSSR count). The van der Waals surface area contributed by atoms with Crippen molar-refractivity contribution in [2.24, 2.45) is 5.92 Å². The van der Waals surface area contributed by atoms with Crippen LogP contribution in [0, 0.1) is 5.92 Å². The number of carboxylic acids is 1. The zero-order valence-electron chi connectivity index (χ0n) is 10.4. The maximum Gasteiger partial charge on any atom is 0.422 e. The number of amides is 1. The first-order chi connectivity index (χ1) is 9.19. The predicted octanol–water partition coefficient (Wildman–Crippen LogP) is 2.29. The molecular formula is C12H12F3NO4. The molecule has 0 aliphatic carbocycles. The van der Waals surface area contributed by atoms with Gasteiger partial charge in [0.05, 0.1) is 0 Å². The van der Waals surface area contributed by atoms with E-state index >= 15 is 0 Å². The minimum Gasteiger partial charge on any atom is -0.484 e. The highest BCUT2D eigenvalue weighted by atomic mass is 19.4. The van der Waals surface area contributed by atoms with Gasteiger partial charge in [-0.2, -0.15) is 13.2 Å². The van der Waals surface area contributed by atoms with Crippen LogP contribution in [0.15, 0.2) is 24.3 Å². The van der Waals surface area contributed by atoms with Crippen LogP contribution < -0.4 is 10.1 Å². The second-order valence-electron chi connectivity index (χ2n) is 3.98. The van der Waals surface area contributed by atoms with Gasteiger partial charge in [-0.25, -0.2) is 0 Å². The zero-order chi connectivity index (χ0) is 15.3. The number of nitrogens with one attached hydrogen (secondary N) is 1. The number of carboxylic acid groups (broad SMARTS) is 1. The second-order valence-corrected chi connectivity index (χ2v) is 3.98. The van der Waals surface area contributed by atoms with Gasteiger partial charge in [-0.05, 0) is 31.2 Å². The number of anilines is 1. The number of carbonyl (C=O) groups is 2. The minimum atomic E-state index is -4.43. The summed E-state index contributed by atoms with van der Waals surface area (Å²) in [6, 6.07) is 5.12. The standard InChI is InChI=1S/C12H12F3NO4/c1-7(11(18)19)10(17)16-8-2-4-9(5-3-8)20-6-12(13,14)15/h2-5,7H,6H2,1H3,(H,16,17)(H,18,19). The molecular weight excluding hydrogens is 279 g/mol. The summed E-state index contributed by atoms with van der Waals surface area (Å²) in [6.45, 7) is -0.187. The monoisotopic (exact) mass is 291 g/mol. The van der Waals surface area contributed by atoms with Crippen molar-refractivity contribution in [2.45, 2.75) is 13.1 Å². The third kappa shape index (κ3) is 5.17. The summed E-state index contributed by atoms with van der Waals surface area (Å²) in [5, 5.41) is 11.0. The molecule has 110 valence electrons. The van der Waals surface area contributed by atoms with Crippen LogP contribution in [0.1, 0.15) is 6.92 Å². The lowest BCUT2D eigenvalue weighted by Gasteiger charge is -2.11. The SMILES string of the molecule is CC(C(=O)O)C(=O)Nc1ccc(OCC(F)(F)F)cc1. The number of alkyl halides is 3. The van der Waals surface area contributed by atoms with Crippen LogP contribution in [0.25, 0.3) is 0 Å². The molecule has 1 aromatic rings. The Morgan fingerprint density at radius 1 is 1.30 bits per heavy atom. The molecule has 1 atom stereocenters. The molecule has 0 aliphatic rings. The number of benzene rings is 1. The van der Waals surface area contributed by atoms with E-state index in [1.54, 1.807) is 0 Å². The molecule has 20 heavy (non-hydrogen) atoms. The third-order valence-corrected chi connectivity index (χ3v) is 2.29. The highest BCUT2D eigenvalue weighted by Gasteiger charge is 2.28. The van der Waals surface area contributed by atoms with Crippen LogP contribution in [-0.2, 0) is 9.59 Å². The summed E-state index contributed by atoms with van der Waals surface area (Å²) < 4.78 is 40.2. The summed E-state index contributed by atoms with van der Waals surface area (Å²) in [7, 11) is 0. The molecule has 0 heterocycles. The summed E-state index contributed by atoms with van der Waals surface area (Å²) >= 11 is 0. The predicted molar refractivity (Wildman–Crippen MR) is 63.4 cm³/mol. The van der Waals surface area contributed by atoms with Gasteiger partial charge in [0.2, 0.25) is 5.91 Å². The van der Waals surface area contributed by atoms with Crippen molar-refractivity contribution in [1.29, 1.82) is 0 Å². The van der Waals surface area contributed by atoms with Crippen LogP contribution in [-0.4, -0.2) is 29.8 Å². The van der Waals surface area contributed by atoms with E-state index in [9.17, 15) is 22.8 Å².